The predicted octanol–water partition coefficient (Wildman–Crippen LogP) is 6.72. The van der Waals surface area contributed by atoms with Crippen molar-refractivity contribution in [3.63, 3.8) is 0 Å². The molecule has 3 aromatic rings. The van der Waals surface area contributed by atoms with Crippen molar-refractivity contribution in [2.24, 2.45) is 0 Å². The molecule has 0 atom stereocenters. The fourth-order valence-electron chi connectivity index (χ4n) is 3.16. The van der Waals surface area contributed by atoms with E-state index in [1.807, 2.05) is 5.32 Å². The van der Waals surface area contributed by atoms with E-state index in [9.17, 15) is 40.3 Å². The molecule has 0 saturated carbocycles. The number of anilines is 3. The summed E-state index contributed by atoms with van der Waals surface area (Å²) < 4.78 is 91.5. The lowest BCUT2D eigenvalue weighted by atomic mass is 10.1. The fourth-order valence-corrected chi connectivity index (χ4v) is 3.16. The van der Waals surface area contributed by atoms with Crippen molar-refractivity contribution in [2.75, 3.05) is 28.6 Å². The summed E-state index contributed by atoms with van der Waals surface area (Å²) in [6.07, 6.45) is -10.1. The Morgan fingerprint density at radius 3 is 1.84 bits per heavy atom. The topological polar surface area (TPSA) is 73.5 Å². The number of carbonyl (C=O) groups excluding carboxylic acids is 2. The molecule has 0 heterocycles. The zero-order valence-electron chi connectivity index (χ0n) is 18.8. The van der Waals surface area contributed by atoms with E-state index >= 15 is 0 Å². The standard InChI is InChI=1S/C24H19F7N4O2/c25-17-6-8-20(9-7-17)35(22(37)34-18-4-2-1-3-5-18)11-10-32-21(36)33-19-13-15(23(26,27)28)12-16(14-19)24(29,30)31/h1-9,12-14H,10-11H2,(H,34,37)(H2,32,33,36). The zero-order chi connectivity index (χ0) is 27.2. The molecule has 0 aliphatic rings. The second kappa shape index (κ2) is 11.2. The van der Waals surface area contributed by atoms with Crippen LogP contribution in [-0.4, -0.2) is 25.2 Å². The number of alkyl halides is 6. The Labute approximate surface area is 206 Å². The molecule has 4 amide bonds. The van der Waals surface area contributed by atoms with Gasteiger partial charge in [0.15, 0.2) is 0 Å². The normalized spacial score (nSPS) is 11.5. The fraction of sp³-hybridized carbons (Fsp3) is 0.167. The highest BCUT2D eigenvalue weighted by atomic mass is 19.4. The molecule has 196 valence electrons. The largest absolute Gasteiger partial charge is 0.416 e. The van der Waals surface area contributed by atoms with E-state index in [1.165, 1.54) is 17.0 Å². The van der Waals surface area contributed by atoms with Gasteiger partial charge in [-0.1, -0.05) is 18.2 Å². The average molecular weight is 528 g/mol. The first-order valence-electron chi connectivity index (χ1n) is 10.6. The van der Waals surface area contributed by atoms with Crippen molar-refractivity contribution in [1.29, 1.82) is 0 Å². The van der Waals surface area contributed by atoms with E-state index in [1.54, 1.807) is 30.3 Å². The van der Waals surface area contributed by atoms with Gasteiger partial charge in [0, 0.05) is 30.2 Å². The molecular formula is C24H19F7N4O2. The van der Waals surface area contributed by atoms with Gasteiger partial charge in [-0.15, -0.1) is 0 Å². The Kier molecular flexibility index (Phi) is 8.25. The number of urea groups is 2. The van der Waals surface area contributed by atoms with Crippen molar-refractivity contribution in [1.82, 2.24) is 5.32 Å². The molecule has 0 saturated heterocycles. The molecule has 0 fully saturated rings. The number of benzene rings is 3. The van der Waals surface area contributed by atoms with Crippen LogP contribution in [0.4, 0.5) is 57.4 Å². The van der Waals surface area contributed by atoms with Gasteiger partial charge in [-0.25, -0.2) is 14.0 Å². The van der Waals surface area contributed by atoms with Crippen molar-refractivity contribution >= 4 is 29.1 Å². The molecule has 3 rings (SSSR count). The van der Waals surface area contributed by atoms with Crippen molar-refractivity contribution in [2.45, 2.75) is 12.4 Å². The summed E-state index contributed by atoms with van der Waals surface area (Å²) in [6, 6.07) is 12.2. The summed E-state index contributed by atoms with van der Waals surface area (Å²) in [4.78, 5) is 26.2. The van der Waals surface area contributed by atoms with Gasteiger partial charge in [0.25, 0.3) is 0 Å². The smallest absolute Gasteiger partial charge is 0.336 e. The number of hydrogen-bond donors (Lipinski definition) is 3. The molecular weight excluding hydrogens is 509 g/mol. The van der Waals surface area contributed by atoms with Crippen molar-refractivity contribution < 1.29 is 40.3 Å². The summed E-state index contributed by atoms with van der Waals surface area (Å²) in [7, 11) is 0. The molecule has 0 aliphatic carbocycles. The molecule has 0 bridgehead atoms. The number of hydrogen-bond acceptors (Lipinski definition) is 2. The van der Waals surface area contributed by atoms with Crippen LogP contribution in [0.1, 0.15) is 11.1 Å². The number of amides is 4. The first-order valence-corrected chi connectivity index (χ1v) is 10.6. The highest BCUT2D eigenvalue weighted by Crippen LogP contribution is 2.37. The highest BCUT2D eigenvalue weighted by Gasteiger charge is 2.37. The summed E-state index contributed by atoms with van der Waals surface area (Å²) in [5.74, 6) is -0.552. The molecule has 37 heavy (non-hydrogen) atoms. The molecule has 6 nitrogen and oxygen atoms in total. The highest BCUT2D eigenvalue weighted by molar-refractivity contribution is 6.01. The monoisotopic (exact) mass is 528 g/mol. The van der Waals surface area contributed by atoms with Gasteiger partial charge in [-0.05, 0) is 54.6 Å². The minimum absolute atomic E-state index is 0.0605. The second-order valence-corrected chi connectivity index (χ2v) is 7.60. The van der Waals surface area contributed by atoms with Gasteiger partial charge >= 0.3 is 24.4 Å². The molecule has 0 spiro atoms. The maximum Gasteiger partial charge on any atom is 0.416 e. The van der Waals surface area contributed by atoms with Crippen LogP contribution < -0.4 is 20.9 Å². The van der Waals surface area contributed by atoms with E-state index in [2.05, 4.69) is 10.6 Å². The van der Waals surface area contributed by atoms with Gasteiger partial charge in [0.05, 0.1) is 11.1 Å². The number of rotatable bonds is 6. The first kappa shape index (κ1) is 27.3. The lowest BCUT2D eigenvalue weighted by molar-refractivity contribution is -0.143. The molecule has 0 aromatic heterocycles. The van der Waals surface area contributed by atoms with Crippen LogP contribution in [0, 0.1) is 5.82 Å². The summed E-state index contributed by atoms with van der Waals surface area (Å²) >= 11 is 0. The second-order valence-electron chi connectivity index (χ2n) is 7.60. The Balaban J connectivity index is 1.70. The number of nitrogens with one attached hydrogen (secondary N) is 3. The quantitative estimate of drug-likeness (QED) is 0.311. The van der Waals surface area contributed by atoms with Crippen molar-refractivity contribution in [3.8, 4) is 0 Å². The maximum atomic E-state index is 13.3. The van der Waals surface area contributed by atoms with Crippen LogP contribution in [0.15, 0.2) is 72.8 Å². The van der Waals surface area contributed by atoms with E-state index in [0.29, 0.717) is 17.8 Å². The van der Waals surface area contributed by atoms with Gasteiger partial charge < -0.3 is 16.0 Å². The Bertz CT molecular complexity index is 1200. The number of halogens is 7. The lowest BCUT2D eigenvalue weighted by Gasteiger charge is -2.23. The van der Waals surface area contributed by atoms with E-state index in [-0.39, 0.29) is 24.8 Å². The predicted molar refractivity (Wildman–Crippen MR) is 123 cm³/mol. The molecule has 13 heteroatoms. The molecule has 3 N–H and O–H groups in total. The van der Waals surface area contributed by atoms with Gasteiger partial charge in [-0.2, -0.15) is 26.3 Å². The SMILES string of the molecule is O=C(NCCN(C(=O)Nc1ccccc1)c1ccc(F)cc1)Nc1cc(C(F)(F)F)cc(C(F)(F)F)c1. The van der Waals surface area contributed by atoms with Crippen LogP contribution in [-0.2, 0) is 12.4 Å². The third-order valence-corrected chi connectivity index (χ3v) is 4.88. The molecule has 3 aromatic carbocycles. The zero-order valence-corrected chi connectivity index (χ0v) is 18.8. The van der Waals surface area contributed by atoms with Crippen LogP contribution in [0.2, 0.25) is 0 Å². The minimum atomic E-state index is -5.07. The Hall–Kier alpha value is -4.29. The Morgan fingerprint density at radius 1 is 0.730 bits per heavy atom. The van der Waals surface area contributed by atoms with E-state index in [0.717, 1.165) is 12.1 Å². The third-order valence-electron chi connectivity index (χ3n) is 4.88. The van der Waals surface area contributed by atoms with Gasteiger partial charge in [0.1, 0.15) is 5.82 Å². The van der Waals surface area contributed by atoms with Crippen LogP contribution >= 0.6 is 0 Å². The van der Waals surface area contributed by atoms with E-state index < -0.39 is 47.0 Å². The first-order chi connectivity index (χ1) is 17.3. The van der Waals surface area contributed by atoms with Crippen LogP contribution in [0.25, 0.3) is 0 Å². The molecule has 0 aliphatic heterocycles. The van der Waals surface area contributed by atoms with Gasteiger partial charge in [-0.3, -0.25) is 4.90 Å². The Morgan fingerprint density at radius 2 is 1.30 bits per heavy atom. The van der Waals surface area contributed by atoms with Crippen LogP contribution in [0.5, 0.6) is 0 Å². The summed E-state index contributed by atoms with van der Waals surface area (Å²) in [5, 5.41) is 6.83. The number of carbonyl (C=O) groups is 2. The molecule has 0 unspecified atom stereocenters. The van der Waals surface area contributed by atoms with Crippen LogP contribution in [0.3, 0.4) is 0 Å². The summed E-state index contributed by atoms with van der Waals surface area (Å²) in [5.41, 5.74) is -3.17. The number of para-hydroxylation sites is 1. The third kappa shape index (κ3) is 7.85. The maximum absolute atomic E-state index is 13.3. The summed E-state index contributed by atoms with van der Waals surface area (Å²) in [6.45, 7) is -0.426. The van der Waals surface area contributed by atoms with Gasteiger partial charge in [0.2, 0.25) is 0 Å². The number of nitrogens with zero attached hydrogens (tertiary/aromatic N) is 1. The van der Waals surface area contributed by atoms with E-state index in [4.69, 9.17) is 0 Å². The van der Waals surface area contributed by atoms with Crippen molar-refractivity contribution in [3.05, 3.63) is 89.7 Å². The average Bonchev–Trinajstić information content (AvgIpc) is 2.82. The minimum Gasteiger partial charge on any atom is -0.336 e. The lowest BCUT2D eigenvalue weighted by Crippen LogP contribution is -2.42. The molecule has 0 radical (unpaired) electrons.